The van der Waals surface area contributed by atoms with E-state index in [4.69, 9.17) is 28.9 Å². The minimum absolute atomic E-state index is 0.110. The van der Waals surface area contributed by atoms with Crippen LogP contribution in [0.1, 0.15) is 5.56 Å². The number of benzene rings is 1. The van der Waals surface area contributed by atoms with Crippen molar-refractivity contribution in [1.82, 2.24) is 9.80 Å². The summed E-state index contributed by atoms with van der Waals surface area (Å²) in [7, 11) is 0. The van der Waals surface area contributed by atoms with Crippen LogP contribution in [-0.4, -0.2) is 54.6 Å². The van der Waals surface area contributed by atoms with Gasteiger partial charge in [0.2, 0.25) is 0 Å². The van der Waals surface area contributed by atoms with E-state index in [0.717, 1.165) is 31.6 Å². The van der Waals surface area contributed by atoms with Crippen LogP contribution in [-0.2, 0) is 6.42 Å². The van der Waals surface area contributed by atoms with Gasteiger partial charge in [-0.25, -0.2) is 0 Å². The summed E-state index contributed by atoms with van der Waals surface area (Å²) in [6.07, 6.45) is 0.786. The van der Waals surface area contributed by atoms with Crippen molar-refractivity contribution in [2.45, 2.75) is 18.5 Å². The van der Waals surface area contributed by atoms with Crippen molar-refractivity contribution < 1.29 is 0 Å². The standard InChI is InChI=1S/C14H19Cl2N3/c15-11-3-1-2-10(14(11)16)8-12(17)13-9-18-4-6-19(13)7-5-18/h1-3,12-13H,4-9,17H2. The lowest BCUT2D eigenvalue weighted by Gasteiger charge is -2.49. The van der Waals surface area contributed by atoms with E-state index in [1.54, 1.807) is 0 Å². The Morgan fingerprint density at radius 1 is 1.21 bits per heavy atom. The Morgan fingerprint density at radius 3 is 2.58 bits per heavy atom. The SMILES string of the molecule is NC(Cc1cccc(Cl)c1Cl)C1CN2CCN1CC2. The molecule has 0 amide bonds. The van der Waals surface area contributed by atoms with Crippen LogP contribution < -0.4 is 5.73 Å². The van der Waals surface area contributed by atoms with E-state index in [1.165, 1.54) is 13.1 Å². The average Bonchev–Trinajstić information content (AvgIpc) is 2.45. The monoisotopic (exact) mass is 299 g/mol. The summed E-state index contributed by atoms with van der Waals surface area (Å²) >= 11 is 12.3. The third-order valence-electron chi connectivity index (χ3n) is 4.30. The van der Waals surface area contributed by atoms with Gasteiger partial charge in [0.05, 0.1) is 10.0 Å². The molecule has 0 spiro atoms. The molecule has 3 nitrogen and oxygen atoms in total. The molecule has 3 aliphatic rings. The zero-order valence-electron chi connectivity index (χ0n) is 10.9. The van der Waals surface area contributed by atoms with Crippen LogP contribution in [0.5, 0.6) is 0 Å². The van der Waals surface area contributed by atoms with Crippen LogP contribution in [0.15, 0.2) is 18.2 Å². The summed E-state index contributed by atoms with van der Waals surface area (Å²) in [5.74, 6) is 0. The molecule has 3 fully saturated rings. The van der Waals surface area contributed by atoms with E-state index in [0.29, 0.717) is 16.1 Å². The maximum atomic E-state index is 6.42. The van der Waals surface area contributed by atoms with Crippen LogP contribution in [0.4, 0.5) is 0 Å². The topological polar surface area (TPSA) is 32.5 Å². The molecule has 0 saturated carbocycles. The lowest BCUT2D eigenvalue weighted by Crippen LogP contribution is -2.66. The first-order valence-electron chi connectivity index (χ1n) is 6.80. The van der Waals surface area contributed by atoms with Crippen LogP contribution in [0, 0.1) is 0 Å². The Labute approximate surface area is 124 Å². The number of fused-ring (bicyclic) bond motifs is 3. The van der Waals surface area contributed by atoms with Crippen LogP contribution in [0.2, 0.25) is 10.0 Å². The third-order valence-corrected chi connectivity index (χ3v) is 5.16. The third kappa shape index (κ3) is 2.76. The Hall–Kier alpha value is -0.320. The highest BCUT2D eigenvalue weighted by Crippen LogP contribution is 2.27. The summed E-state index contributed by atoms with van der Waals surface area (Å²) in [6.45, 7) is 5.73. The molecule has 19 heavy (non-hydrogen) atoms. The highest BCUT2D eigenvalue weighted by Gasteiger charge is 2.35. The Balaban J connectivity index is 1.71. The first-order valence-corrected chi connectivity index (χ1v) is 7.55. The van der Waals surface area contributed by atoms with Crippen LogP contribution in [0.3, 0.4) is 0 Å². The van der Waals surface area contributed by atoms with Crippen molar-refractivity contribution in [3.8, 4) is 0 Å². The second-order valence-corrected chi connectivity index (χ2v) is 6.27. The molecule has 0 radical (unpaired) electrons. The molecule has 2 N–H and O–H groups in total. The van der Waals surface area contributed by atoms with Gasteiger partial charge in [-0.1, -0.05) is 35.3 Å². The Morgan fingerprint density at radius 2 is 1.95 bits per heavy atom. The van der Waals surface area contributed by atoms with Crippen molar-refractivity contribution >= 4 is 23.2 Å². The smallest absolute Gasteiger partial charge is 0.0624 e. The van der Waals surface area contributed by atoms with Gasteiger partial charge in [0.1, 0.15) is 0 Å². The van der Waals surface area contributed by atoms with Crippen LogP contribution in [0.25, 0.3) is 0 Å². The van der Waals surface area contributed by atoms with Crippen LogP contribution >= 0.6 is 23.2 Å². The molecule has 3 saturated heterocycles. The van der Waals surface area contributed by atoms with Crippen molar-refractivity contribution in [2.75, 3.05) is 32.7 Å². The molecular formula is C14H19Cl2N3. The first kappa shape index (κ1) is 13.7. The van der Waals surface area contributed by atoms with Crippen molar-refractivity contribution in [1.29, 1.82) is 0 Å². The normalized spacial score (nSPS) is 31.4. The van der Waals surface area contributed by atoms with E-state index < -0.39 is 0 Å². The van der Waals surface area contributed by atoms with Gasteiger partial charge in [0.25, 0.3) is 0 Å². The zero-order valence-corrected chi connectivity index (χ0v) is 12.4. The molecule has 1 aromatic carbocycles. The number of rotatable bonds is 3. The molecule has 4 rings (SSSR count). The summed E-state index contributed by atoms with van der Waals surface area (Å²) in [4.78, 5) is 5.02. The second-order valence-electron chi connectivity index (χ2n) is 5.48. The second kappa shape index (κ2) is 5.58. The van der Waals surface area contributed by atoms with E-state index >= 15 is 0 Å². The summed E-state index contributed by atoms with van der Waals surface area (Å²) in [5, 5.41) is 1.26. The molecule has 1 aromatic rings. The zero-order chi connectivity index (χ0) is 13.4. The van der Waals surface area contributed by atoms with Gasteiger partial charge in [0, 0.05) is 44.8 Å². The number of nitrogens with two attached hydrogens (primary N) is 1. The molecule has 0 aliphatic carbocycles. The van der Waals surface area contributed by atoms with Gasteiger partial charge < -0.3 is 5.73 Å². The summed E-state index contributed by atoms with van der Waals surface area (Å²) < 4.78 is 0. The van der Waals surface area contributed by atoms with Gasteiger partial charge in [-0.05, 0) is 18.1 Å². The summed E-state index contributed by atoms with van der Waals surface area (Å²) in [6, 6.07) is 6.32. The lowest BCUT2D eigenvalue weighted by molar-refractivity contribution is 0.00259. The molecule has 2 unspecified atom stereocenters. The predicted molar refractivity (Wildman–Crippen MR) is 79.9 cm³/mol. The highest BCUT2D eigenvalue weighted by molar-refractivity contribution is 6.42. The van der Waals surface area contributed by atoms with Gasteiger partial charge in [-0.2, -0.15) is 0 Å². The van der Waals surface area contributed by atoms with Gasteiger partial charge in [-0.15, -0.1) is 0 Å². The number of hydrogen-bond donors (Lipinski definition) is 1. The molecule has 104 valence electrons. The number of piperazine rings is 3. The average molecular weight is 300 g/mol. The fourth-order valence-corrected chi connectivity index (χ4v) is 3.56. The molecular weight excluding hydrogens is 281 g/mol. The van der Waals surface area contributed by atoms with E-state index in [2.05, 4.69) is 9.80 Å². The number of nitrogens with zero attached hydrogens (tertiary/aromatic N) is 2. The largest absolute Gasteiger partial charge is 0.326 e. The minimum atomic E-state index is 0.110. The molecule has 0 aromatic heterocycles. The predicted octanol–water partition coefficient (Wildman–Crippen LogP) is 1.86. The number of halogens is 2. The quantitative estimate of drug-likeness (QED) is 0.925. The minimum Gasteiger partial charge on any atom is -0.326 e. The lowest BCUT2D eigenvalue weighted by atomic mass is 9.95. The van der Waals surface area contributed by atoms with Gasteiger partial charge in [-0.3, -0.25) is 9.80 Å². The van der Waals surface area contributed by atoms with Crippen molar-refractivity contribution in [3.05, 3.63) is 33.8 Å². The van der Waals surface area contributed by atoms with Gasteiger partial charge >= 0.3 is 0 Å². The first-order chi connectivity index (χ1) is 9.15. The molecule has 3 aliphatic heterocycles. The molecule has 3 heterocycles. The Kier molecular flexibility index (Phi) is 4.01. The molecule has 2 atom stereocenters. The fraction of sp³-hybridized carbons (Fsp3) is 0.571. The molecule has 5 heteroatoms. The number of hydrogen-bond acceptors (Lipinski definition) is 3. The Bertz CT molecular complexity index is 458. The maximum Gasteiger partial charge on any atom is 0.0624 e. The highest BCUT2D eigenvalue weighted by atomic mass is 35.5. The molecule has 2 bridgehead atoms. The maximum absolute atomic E-state index is 6.42. The van der Waals surface area contributed by atoms with Gasteiger partial charge in [0.15, 0.2) is 0 Å². The fourth-order valence-electron chi connectivity index (χ4n) is 3.16. The van der Waals surface area contributed by atoms with E-state index in [1.807, 2.05) is 18.2 Å². The van der Waals surface area contributed by atoms with E-state index in [9.17, 15) is 0 Å². The van der Waals surface area contributed by atoms with E-state index in [-0.39, 0.29) is 6.04 Å². The summed E-state index contributed by atoms with van der Waals surface area (Å²) in [5.41, 5.74) is 7.47. The van der Waals surface area contributed by atoms with Crippen molar-refractivity contribution in [3.63, 3.8) is 0 Å². The van der Waals surface area contributed by atoms with Crippen molar-refractivity contribution in [2.24, 2.45) is 5.73 Å².